The number of carboxylic acid groups (broad SMARTS) is 1. The molecule has 6 heteroatoms. The van der Waals surface area contributed by atoms with Crippen LogP contribution in [0, 0.1) is 0 Å². The Kier molecular flexibility index (Phi) is 7.04. The smallest absolute Gasteiger partial charge is 0.310 e. The van der Waals surface area contributed by atoms with Crippen molar-refractivity contribution in [1.29, 1.82) is 0 Å². The second-order valence-corrected chi connectivity index (χ2v) is 4.59. The van der Waals surface area contributed by atoms with Gasteiger partial charge >= 0.3 is 5.97 Å². The van der Waals surface area contributed by atoms with Crippen LogP contribution >= 0.6 is 11.6 Å². The van der Waals surface area contributed by atoms with Crippen LogP contribution in [-0.2, 0) is 14.3 Å². The molecule has 0 bridgehead atoms. The fraction of sp³-hybridized carbons (Fsp3) is 0.429. The van der Waals surface area contributed by atoms with Crippen LogP contribution in [0.2, 0.25) is 0 Å². The SMILES string of the molecule is CCC(C(=O)O)c1ccc(NC(=O)COCCCl)cc1. The van der Waals surface area contributed by atoms with Gasteiger partial charge in [-0.25, -0.2) is 0 Å². The number of alkyl halides is 1. The van der Waals surface area contributed by atoms with Gasteiger partial charge in [0.1, 0.15) is 6.61 Å². The standard InChI is InChI=1S/C14H18ClNO4/c1-2-12(14(18)19)10-3-5-11(6-4-10)16-13(17)9-20-8-7-15/h3-6,12H,2,7-9H2,1H3,(H,16,17)(H,18,19). The van der Waals surface area contributed by atoms with Gasteiger partial charge < -0.3 is 15.2 Å². The maximum Gasteiger partial charge on any atom is 0.310 e. The first-order chi connectivity index (χ1) is 9.58. The summed E-state index contributed by atoms with van der Waals surface area (Å²) in [6, 6.07) is 6.77. The number of rotatable bonds is 8. The number of benzene rings is 1. The summed E-state index contributed by atoms with van der Waals surface area (Å²) >= 11 is 5.43. The van der Waals surface area contributed by atoms with Gasteiger partial charge in [-0.05, 0) is 24.1 Å². The summed E-state index contributed by atoms with van der Waals surface area (Å²) in [6.45, 7) is 2.09. The summed E-state index contributed by atoms with van der Waals surface area (Å²) in [5, 5.41) is 11.7. The van der Waals surface area contributed by atoms with Gasteiger partial charge in [-0.15, -0.1) is 11.6 Å². The Hall–Kier alpha value is -1.59. The molecule has 20 heavy (non-hydrogen) atoms. The summed E-state index contributed by atoms with van der Waals surface area (Å²) in [7, 11) is 0. The maximum absolute atomic E-state index is 11.5. The Bertz CT molecular complexity index is 447. The predicted octanol–water partition coefficient (Wildman–Crippen LogP) is 2.46. The van der Waals surface area contributed by atoms with Crippen molar-refractivity contribution in [3.8, 4) is 0 Å². The highest BCUT2D eigenvalue weighted by atomic mass is 35.5. The molecule has 1 atom stereocenters. The minimum Gasteiger partial charge on any atom is -0.481 e. The van der Waals surface area contributed by atoms with Gasteiger partial charge in [-0.2, -0.15) is 0 Å². The molecule has 0 aromatic heterocycles. The molecule has 1 aromatic rings. The molecule has 0 aliphatic heterocycles. The number of aliphatic carboxylic acids is 1. The van der Waals surface area contributed by atoms with Gasteiger partial charge in [-0.3, -0.25) is 9.59 Å². The van der Waals surface area contributed by atoms with E-state index in [-0.39, 0.29) is 12.5 Å². The van der Waals surface area contributed by atoms with Crippen molar-refractivity contribution in [2.45, 2.75) is 19.3 Å². The molecule has 0 aliphatic carbocycles. The van der Waals surface area contributed by atoms with Gasteiger partial charge in [0.25, 0.3) is 0 Å². The van der Waals surface area contributed by atoms with E-state index >= 15 is 0 Å². The summed E-state index contributed by atoms with van der Waals surface area (Å²) in [5.74, 6) is -1.30. The highest BCUT2D eigenvalue weighted by Crippen LogP contribution is 2.21. The third-order valence-corrected chi connectivity index (χ3v) is 2.91. The van der Waals surface area contributed by atoms with Crippen LogP contribution in [0.15, 0.2) is 24.3 Å². The topological polar surface area (TPSA) is 75.6 Å². The number of amides is 1. The molecule has 1 unspecified atom stereocenters. The normalized spacial score (nSPS) is 11.9. The van der Waals surface area contributed by atoms with Crippen molar-refractivity contribution in [3.63, 3.8) is 0 Å². The fourth-order valence-electron chi connectivity index (χ4n) is 1.77. The second-order valence-electron chi connectivity index (χ2n) is 4.21. The van der Waals surface area contributed by atoms with E-state index in [1.807, 2.05) is 6.92 Å². The Morgan fingerprint density at radius 3 is 2.50 bits per heavy atom. The molecule has 2 N–H and O–H groups in total. The van der Waals surface area contributed by atoms with Gasteiger partial charge in [0.15, 0.2) is 0 Å². The van der Waals surface area contributed by atoms with Crippen molar-refractivity contribution in [2.75, 3.05) is 24.4 Å². The lowest BCUT2D eigenvalue weighted by Gasteiger charge is -2.11. The lowest BCUT2D eigenvalue weighted by molar-refractivity contribution is -0.138. The van der Waals surface area contributed by atoms with E-state index in [4.69, 9.17) is 21.4 Å². The van der Waals surface area contributed by atoms with Crippen molar-refractivity contribution < 1.29 is 19.4 Å². The van der Waals surface area contributed by atoms with Crippen molar-refractivity contribution in [2.24, 2.45) is 0 Å². The van der Waals surface area contributed by atoms with Crippen molar-refractivity contribution in [1.82, 2.24) is 0 Å². The number of hydrogen-bond acceptors (Lipinski definition) is 3. The van der Waals surface area contributed by atoms with Crippen molar-refractivity contribution in [3.05, 3.63) is 29.8 Å². The van der Waals surface area contributed by atoms with E-state index in [9.17, 15) is 9.59 Å². The summed E-state index contributed by atoms with van der Waals surface area (Å²) in [4.78, 5) is 22.5. The molecule has 0 fully saturated rings. The van der Waals surface area contributed by atoms with Gasteiger partial charge in [0.2, 0.25) is 5.91 Å². The van der Waals surface area contributed by atoms with E-state index < -0.39 is 11.9 Å². The Morgan fingerprint density at radius 1 is 1.35 bits per heavy atom. The van der Waals surface area contributed by atoms with Crippen LogP contribution in [-0.4, -0.2) is 36.1 Å². The Labute approximate surface area is 122 Å². The third kappa shape index (κ3) is 5.19. The lowest BCUT2D eigenvalue weighted by atomic mass is 9.96. The van der Waals surface area contributed by atoms with Crippen LogP contribution in [0.4, 0.5) is 5.69 Å². The number of halogens is 1. The minimum absolute atomic E-state index is 0.0544. The van der Waals surface area contributed by atoms with Crippen molar-refractivity contribution >= 4 is 29.2 Å². The molecule has 1 rings (SSSR count). The van der Waals surface area contributed by atoms with Crippen LogP contribution in [0.3, 0.4) is 0 Å². The zero-order valence-electron chi connectivity index (χ0n) is 11.3. The quantitative estimate of drug-likeness (QED) is 0.571. The summed E-state index contributed by atoms with van der Waals surface area (Å²) < 4.78 is 5.01. The Morgan fingerprint density at radius 2 is 2.00 bits per heavy atom. The number of carboxylic acids is 1. The number of anilines is 1. The van der Waals surface area contributed by atoms with Gasteiger partial charge in [0, 0.05) is 11.6 Å². The minimum atomic E-state index is -0.848. The molecule has 0 spiro atoms. The average Bonchev–Trinajstić information content (AvgIpc) is 2.41. The number of ether oxygens (including phenoxy) is 1. The van der Waals surface area contributed by atoms with E-state index in [1.165, 1.54) is 0 Å². The zero-order chi connectivity index (χ0) is 15.0. The highest BCUT2D eigenvalue weighted by molar-refractivity contribution is 6.18. The number of nitrogens with one attached hydrogen (secondary N) is 1. The second kappa shape index (κ2) is 8.55. The average molecular weight is 300 g/mol. The molecule has 0 saturated carbocycles. The fourth-order valence-corrected chi connectivity index (χ4v) is 1.88. The molecule has 5 nitrogen and oxygen atoms in total. The predicted molar refractivity (Wildman–Crippen MR) is 77.3 cm³/mol. The third-order valence-electron chi connectivity index (χ3n) is 2.76. The van der Waals surface area contributed by atoms with Gasteiger partial charge in [0.05, 0.1) is 12.5 Å². The highest BCUT2D eigenvalue weighted by Gasteiger charge is 2.17. The number of carbonyl (C=O) groups excluding carboxylic acids is 1. The Balaban J connectivity index is 2.58. The van der Waals surface area contributed by atoms with Gasteiger partial charge in [-0.1, -0.05) is 19.1 Å². The molecule has 0 radical (unpaired) electrons. The largest absolute Gasteiger partial charge is 0.481 e. The van der Waals surface area contributed by atoms with Crippen LogP contribution in [0.1, 0.15) is 24.8 Å². The molecule has 0 saturated heterocycles. The monoisotopic (exact) mass is 299 g/mol. The summed E-state index contributed by atoms with van der Waals surface area (Å²) in [6.07, 6.45) is 0.521. The van der Waals surface area contributed by atoms with Crippen LogP contribution < -0.4 is 5.32 Å². The van der Waals surface area contributed by atoms with E-state index in [0.717, 1.165) is 5.56 Å². The van der Waals surface area contributed by atoms with E-state index in [0.29, 0.717) is 24.6 Å². The maximum atomic E-state index is 11.5. The van der Waals surface area contributed by atoms with Crippen LogP contribution in [0.5, 0.6) is 0 Å². The number of hydrogen-bond donors (Lipinski definition) is 2. The lowest BCUT2D eigenvalue weighted by Crippen LogP contribution is -2.19. The first kappa shape index (κ1) is 16.5. The molecule has 0 aliphatic rings. The number of carbonyl (C=O) groups is 2. The van der Waals surface area contributed by atoms with E-state index in [2.05, 4.69) is 5.32 Å². The molecular formula is C14H18ClNO4. The molecular weight excluding hydrogens is 282 g/mol. The van der Waals surface area contributed by atoms with Crippen LogP contribution in [0.25, 0.3) is 0 Å². The molecule has 110 valence electrons. The summed E-state index contributed by atoms with van der Waals surface area (Å²) in [5.41, 5.74) is 1.32. The first-order valence-corrected chi connectivity index (χ1v) is 6.88. The molecule has 1 aromatic carbocycles. The first-order valence-electron chi connectivity index (χ1n) is 6.34. The molecule has 1 amide bonds. The zero-order valence-corrected chi connectivity index (χ0v) is 12.0. The molecule has 0 heterocycles. The van der Waals surface area contributed by atoms with E-state index in [1.54, 1.807) is 24.3 Å².